The van der Waals surface area contributed by atoms with Gasteiger partial charge in [0.25, 0.3) is 0 Å². The van der Waals surface area contributed by atoms with Crippen LogP contribution in [0.2, 0.25) is 0 Å². The van der Waals surface area contributed by atoms with Gasteiger partial charge in [0.1, 0.15) is 18.5 Å². The molecule has 0 saturated heterocycles. The van der Waals surface area contributed by atoms with E-state index in [1.165, 1.54) is 0 Å². The molecule has 0 amide bonds. The van der Waals surface area contributed by atoms with Crippen LogP contribution < -0.4 is 10.1 Å². The summed E-state index contributed by atoms with van der Waals surface area (Å²) in [5.41, 5.74) is 1.67. The van der Waals surface area contributed by atoms with Gasteiger partial charge in [0, 0.05) is 24.1 Å². The van der Waals surface area contributed by atoms with Crippen LogP contribution in [0, 0.1) is 0 Å². The largest absolute Gasteiger partial charge is 0.491 e. The lowest BCUT2D eigenvalue weighted by atomic mass is 10.0. The molecule has 27 heavy (non-hydrogen) atoms. The summed E-state index contributed by atoms with van der Waals surface area (Å²) in [4.78, 5) is 12.3. The molecule has 2 aromatic rings. The molecule has 0 fully saturated rings. The first kappa shape index (κ1) is 23.2. The number of para-hydroxylation sites is 1. The number of Topliss-reactive ketones (excluding diaryl/α,β-unsaturated/α-hetero) is 1. The highest BCUT2D eigenvalue weighted by molar-refractivity contribution is 5.96. The number of aliphatic hydroxyl groups excluding tert-OH is 1. The van der Waals surface area contributed by atoms with Crippen molar-refractivity contribution in [3.05, 3.63) is 65.7 Å². The summed E-state index contributed by atoms with van der Waals surface area (Å²) in [6.45, 7) is 6.85. The smallest absolute Gasteiger partial charge is 0.163 e. The number of rotatable bonds is 9. The van der Waals surface area contributed by atoms with Crippen molar-refractivity contribution in [2.45, 2.75) is 45.3 Å². The van der Waals surface area contributed by atoms with E-state index in [-0.39, 0.29) is 30.3 Å². The van der Waals surface area contributed by atoms with E-state index in [2.05, 4.69) is 26.1 Å². The molecule has 0 bridgehead atoms. The summed E-state index contributed by atoms with van der Waals surface area (Å²) >= 11 is 0. The molecule has 4 nitrogen and oxygen atoms in total. The van der Waals surface area contributed by atoms with E-state index in [0.29, 0.717) is 19.4 Å². The van der Waals surface area contributed by atoms with Gasteiger partial charge in [0.15, 0.2) is 5.78 Å². The molecule has 0 aromatic heterocycles. The average Bonchev–Trinajstić information content (AvgIpc) is 2.63. The van der Waals surface area contributed by atoms with Crippen molar-refractivity contribution in [1.82, 2.24) is 5.32 Å². The molecule has 0 aliphatic rings. The van der Waals surface area contributed by atoms with Crippen LogP contribution in [0.15, 0.2) is 54.6 Å². The zero-order valence-corrected chi connectivity index (χ0v) is 17.1. The van der Waals surface area contributed by atoms with E-state index in [1.807, 2.05) is 54.6 Å². The first-order valence-electron chi connectivity index (χ1n) is 9.07. The number of benzene rings is 2. The second-order valence-electron chi connectivity index (χ2n) is 7.49. The van der Waals surface area contributed by atoms with Crippen LogP contribution in [0.1, 0.15) is 43.1 Å². The Morgan fingerprint density at radius 2 is 1.70 bits per heavy atom. The van der Waals surface area contributed by atoms with E-state index in [9.17, 15) is 9.90 Å². The lowest BCUT2D eigenvalue weighted by Crippen LogP contribution is -2.42. The van der Waals surface area contributed by atoms with Gasteiger partial charge in [0.05, 0.1) is 0 Å². The van der Waals surface area contributed by atoms with Gasteiger partial charge in [0.2, 0.25) is 0 Å². The normalized spacial score (nSPS) is 12.1. The van der Waals surface area contributed by atoms with Crippen molar-refractivity contribution in [2.75, 3.05) is 13.2 Å². The van der Waals surface area contributed by atoms with Crippen molar-refractivity contribution < 1.29 is 14.6 Å². The van der Waals surface area contributed by atoms with Crippen LogP contribution in [0.3, 0.4) is 0 Å². The number of β-amino-alcohol motifs (C(OH)–C–C–N with tert-alkyl or cyclic N) is 1. The van der Waals surface area contributed by atoms with Crippen molar-refractivity contribution in [3.63, 3.8) is 0 Å². The summed E-state index contributed by atoms with van der Waals surface area (Å²) in [7, 11) is 0. The third-order valence-corrected chi connectivity index (χ3v) is 3.99. The highest BCUT2D eigenvalue weighted by atomic mass is 35.5. The number of hydrogen-bond donors (Lipinski definition) is 2. The Hall–Kier alpha value is -1.88. The summed E-state index contributed by atoms with van der Waals surface area (Å²) in [6, 6.07) is 17.0. The lowest BCUT2D eigenvalue weighted by molar-refractivity contribution is 0.0972. The molecule has 1 unspecified atom stereocenters. The van der Waals surface area contributed by atoms with Gasteiger partial charge < -0.3 is 15.2 Å². The van der Waals surface area contributed by atoms with Gasteiger partial charge in [-0.3, -0.25) is 4.79 Å². The van der Waals surface area contributed by atoms with Crippen LogP contribution in [0.25, 0.3) is 0 Å². The van der Waals surface area contributed by atoms with Gasteiger partial charge in [-0.15, -0.1) is 12.4 Å². The number of ether oxygens (including phenoxy) is 1. The molecule has 2 aromatic carbocycles. The van der Waals surface area contributed by atoms with Gasteiger partial charge in [-0.05, 0) is 38.8 Å². The standard InChI is InChI=1S/C22H29NO3.ClH/c1-22(2,3)23-15-19(24)16-26-21-12-8-7-11-18(21)13-14-20(25)17-9-5-4-6-10-17;/h4-12,19,23-24H,13-16H2,1-3H3;1H. The first-order chi connectivity index (χ1) is 12.3. The molecule has 1 atom stereocenters. The van der Waals surface area contributed by atoms with E-state index in [1.54, 1.807) is 0 Å². The Morgan fingerprint density at radius 1 is 1.07 bits per heavy atom. The van der Waals surface area contributed by atoms with E-state index in [0.717, 1.165) is 16.9 Å². The molecule has 148 valence electrons. The van der Waals surface area contributed by atoms with Crippen molar-refractivity contribution >= 4 is 18.2 Å². The fourth-order valence-electron chi connectivity index (χ4n) is 2.54. The number of halogens is 1. The predicted molar refractivity (Wildman–Crippen MR) is 112 cm³/mol. The molecule has 0 heterocycles. The maximum Gasteiger partial charge on any atom is 0.163 e. The Morgan fingerprint density at radius 3 is 2.37 bits per heavy atom. The lowest BCUT2D eigenvalue weighted by Gasteiger charge is -2.23. The molecule has 0 aliphatic heterocycles. The minimum absolute atomic E-state index is 0. The molecule has 0 radical (unpaired) electrons. The monoisotopic (exact) mass is 391 g/mol. The summed E-state index contributed by atoms with van der Waals surface area (Å²) < 4.78 is 5.80. The topological polar surface area (TPSA) is 58.6 Å². The maximum atomic E-state index is 12.3. The van der Waals surface area contributed by atoms with E-state index in [4.69, 9.17) is 4.74 Å². The number of ketones is 1. The first-order valence-corrected chi connectivity index (χ1v) is 9.07. The van der Waals surface area contributed by atoms with Gasteiger partial charge in [-0.25, -0.2) is 0 Å². The number of aliphatic hydroxyl groups is 1. The summed E-state index contributed by atoms with van der Waals surface area (Å²) in [5.74, 6) is 0.845. The van der Waals surface area contributed by atoms with Gasteiger partial charge >= 0.3 is 0 Å². The Balaban J connectivity index is 0.00000364. The van der Waals surface area contributed by atoms with Crippen LogP contribution in [0.4, 0.5) is 0 Å². The van der Waals surface area contributed by atoms with Crippen LogP contribution in [0.5, 0.6) is 5.75 Å². The Labute approximate surface area is 168 Å². The fourth-order valence-corrected chi connectivity index (χ4v) is 2.54. The Bertz CT molecular complexity index is 698. The number of carbonyl (C=O) groups excluding carboxylic acids is 1. The zero-order valence-electron chi connectivity index (χ0n) is 16.3. The highest BCUT2D eigenvalue weighted by Gasteiger charge is 2.14. The number of nitrogens with one attached hydrogen (secondary N) is 1. The third kappa shape index (κ3) is 8.57. The molecule has 0 aliphatic carbocycles. The van der Waals surface area contributed by atoms with Gasteiger partial charge in [-0.2, -0.15) is 0 Å². The van der Waals surface area contributed by atoms with Gasteiger partial charge in [-0.1, -0.05) is 48.5 Å². The second kappa shape index (κ2) is 11.1. The fraction of sp³-hybridized carbons (Fsp3) is 0.409. The van der Waals surface area contributed by atoms with Crippen molar-refractivity contribution in [2.24, 2.45) is 0 Å². The van der Waals surface area contributed by atoms with Crippen LogP contribution in [-0.4, -0.2) is 35.7 Å². The van der Waals surface area contributed by atoms with Crippen molar-refractivity contribution in [3.8, 4) is 5.75 Å². The van der Waals surface area contributed by atoms with Crippen LogP contribution >= 0.6 is 12.4 Å². The van der Waals surface area contributed by atoms with Crippen molar-refractivity contribution in [1.29, 1.82) is 0 Å². The summed E-state index contributed by atoms with van der Waals surface area (Å²) in [5, 5.41) is 13.3. The second-order valence-corrected chi connectivity index (χ2v) is 7.49. The minimum atomic E-state index is -0.590. The molecule has 0 spiro atoms. The molecule has 2 N–H and O–H groups in total. The minimum Gasteiger partial charge on any atom is -0.491 e. The highest BCUT2D eigenvalue weighted by Crippen LogP contribution is 2.20. The Kier molecular flexibility index (Phi) is 9.50. The van der Waals surface area contributed by atoms with E-state index >= 15 is 0 Å². The molecule has 2 rings (SSSR count). The molecular formula is C22H30ClNO3. The average molecular weight is 392 g/mol. The number of carbonyl (C=O) groups is 1. The summed E-state index contributed by atoms with van der Waals surface area (Å²) in [6.07, 6.45) is 0.451. The zero-order chi connectivity index (χ0) is 19.0. The van der Waals surface area contributed by atoms with E-state index < -0.39 is 6.10 Å². The van der Waals surface area contributed by atoms with Crippen LogP contribution in [-0.2, 0) is 6.42 Å². The number of aryl methyl sites for hydroxylation is 1. The SMILES string of the molecule is CC(C)(C)NCC(O)COc1ccccc1CCC(=O)c1ccccc1.Cl. The number of hydrogen-bond acceptors (Lipinski definition) is 4. The quantitative estimate of drug-likeness (QED) is 0.633. The molecule has 5 heteroatoms. The third-order valence-electron chi connectivity index (χ3n) is 3.99. The maximum absolute atomic E-state index is 12.3. The molecule has 0 saturated carbocycles. The predicted octanol–water partition coefficient (Wildman–Crippen LogP) is 4.05. The molecular weight excluding hydrogens is 362 g/mol.